The number of hydrogen-bond acceptors (Lipinski definition) is 6. The number of aromatic amines is 1. The van der Waals surface area contributed by atoms with E-state index in [4.69, 9.17) is 16.2 Å². The summed E-state index contributed by atoms with van der Waals surface area (Å²) in [6, 6.07) is 16.2. The lowest BCUT2D eigenvalue weighted by atomic mass is 10.1. The molecular formula is C23H27N5O4. The molecule has 3 aromatic rings. The molecule has 0 aliphatic carbocycles. The lowest BCUT2D eigenvalue weighted by Crippen LogP contribution is -2.39. The van der Waals surface area contributed by atoms with E-state index in [0.29, 0.717) is 31.7 Å². The fourth-order valence-corrected chi connectivity index (χ4v) is 3.52. The van der Waals surface area contributed by atoms with Gasteiger partial charge in [0.2, 0.25) is 5.91 Å². The fourth-order valence-electron chi connectivity index (χ4n) is 3.52. The van der Waals surface area contributed by atoms with E-state index in [2.05, 4.69) is 4.98 Å². The number of aromatic nitrogens is 2. The minimum absolute atomic E-state index is 0.0751. The molecule has 0 aliphatic heterocycles. The van der Waals surface area contributed by atoms with Crippen molar-refractivity contribution in [3.63, 3.8) is 0 Å². The van der Waals surface area contributed by atoms with Crippen molar-refractivity contribution in [1.82, 2.24) is 9.55 Å². The van der Waals surface area contributed by atoms with Gasteiger partial charge in [-0.15, -0.1) is 0 Å². The van der Waals surface area contributed by atoms with E-state index >= 15 is 0 Å². The Morgan fingerprint density at radius 1 is 1.09 bits per heavy atom. The van der Waals surface area contributed by atoms with E-state index in [-0.39, 0.29) is 18.1 Å². The van der Waals surface area contributed by atoms with Crippen molar-refractivity contribution >= 4 is 17.4 Å². The van der Waals surface area contributed by atoms with Gasteiger partial charge < -0.3 is 21.1 Å². The number of nitrogen functional groups attached to an aromatic ring is 1. The van der Waals surface area contributed by atoms with E-state index in [0.717, 1.165) is 11.1 Å². The van der Waals surface area contributed by atoms with Crippen LogP contribution in [-0.4, -0.2) is 35.7 Å². The van der Waals surface area contributed by atoms with Crippen LogP contribution in [0.1, 0.15) is 27.9 Å². The molecule has 0 saturated carbocycles. The Hall–Kier alpha value is -3.85. The van der Waals surface area contributed by atoms with Crippen molar-refractivity contribution in [2.75, 3.05) is 30.9 Å². The van der Waals surface area contributed by atoms with Gasteiger partial charge in [-0.25, -0.2) is 4.79 Å². The Kier molecular flexibility index (Phi) is 7.45. The molecule has 5 N–H and O–H groups in total. The average Bonchev–Trinajstić information content (AvgIpc) is 2.77. The summed E-state index contributed by atoms with van der Waals surface area (Å²) in [4.78, 5) is 41.1. The van der Waals surface area contributed by atoms with E-state index in [1.165, 1.54) is 4.57 Å². The number of ether oxygens (including phenoxy) is 1. The first-order valence-corrected chi connectivity index (χ1v) is 10.2. The highest BCUT2D eigenvalue weighted by atomic mass is 16.5. The van der Waals surface area contributed by atoms with Crippen LogP contribution in [0.25, 0.3) is 0 Å². The third-order valence-corrected chi connectivity index (χ3v) is 5.08. The monoisotopic (exact) mass is 437 g/mol. The minimum Gasteiger partial charge on any atom is -0.385 e. The van der Waals surface area contributed by atoms with Crippen molar-refractivity contribution < 1.29 is 9.53 Å². The zero-order chi connectivity index (χ0) is 23.1. The average molecular weight is 438 g/mol. The normalized spacial score (nSPS) is 10.8. The van der Waals surface area contributed by atoms with Crippen molar-refractivity contribution in [2.45, 2.75) is 19.5 Å². The van der Waals surface area contributed by atoms with E-state index in [9.17, 15) is 14.4 Å². The molecule has 1 aromatic heterocycles. The summed E-state index contributed by atoms with van der Waals surface area (Å²) in [5, 5.41) is 0. The molecule has 0 aliphatic rings. The van der Waals surface area contributed by atoms with Crippen molar-refractivity contribution in [3.8, 4) is 0 Å². The summed E-state index contributed by atoms with van der Waals surface area (Å²) < 4.78 is 6.49. The second kappa shape index (κ2) is 10.5. The van der Waals surface area contributed by atoms with Crippen molar-refractivity contribution in [3.05, 3.63) is 92.1 Å². The molecular weight excluding hydrogens is 410 g/mol. The topological polar surface area (TPSA) is 136 Å². The third-order valence-electron chi connectivity index (χ3n) is 5.08. The first-order chi connectivity index (χ1) is 15.4. The van der Waals surface area contributed by atoms with Crippen LogP contribution in [0.3, 0.4) is 0 Å². The molecule has 9 heteroatoms. The zero-order valence-electron chi connectivity index (χ0n) is 17.9. The van der Waals surface area contributed by atoms with Gasteiger partial charge in [0, 0.05) is 32.4 Å². The SMILES string of the molecule is COCCCN(Cc1cccc(C(N)=O)c1)c1c(N)n(Cc2ccccc2)c(=O)[nH]c1=O. The van der Waals surface area contributed by atoms with Gasteiger partial charge in [-0.05, 0) is 29.7 Å². The Morgan fingerprint density at radius 2 is 1.81 bits per heavy atom. The van der Waals surface area contributed by atoms with Gasteiger partial charge in [0.15, 0.2) is 0 Å². The maximum absolute atomic E-state index is 12.8. The predicted molar refractivity (Wildman–Crippen MR) is 124 cm³/mol. The molecule has 0 radical (unpaired) electrons. The second-order valence-corrected chi connectivity index (χ2v) is 7.40. The number of amides is 1. The summed E-state index contributed by atoms with van der Waals surface area (Å²) in [5.74, 6) is -0.461. The highest BCUT2D eigenvalue weighted by molar-refractivity contribution is 5.92. The second-order valence-electron chi connectivity index (χ2n) is 7.40. The number of methoxy groups -OCH3 is 1. The van der Waals surface area contributed by atoms with Crippen LogP contribution in [0.15, 0.2) is 64.2 Å². The largest absolute Gasteiger partial charge is 0.385 e. The van der Waals surface area contributed by atoms with Crippen molar-refractivity contribution in [2.24, 2.45) is 5.73 Å². The number of nitrogens with zero attached hydrogens (tertiary/aromatic N) is 2. The molecule has 168 valence electrons. The van der Waals surface area contributed by atoms with Gasteiger partial charge in [0.25, 0.3) is 5.56 Å². The number of carbonyl (C=O) groups is 1. The maximum atomic E-state index is 12.8. The van der Waals surface area contributed by atoms with Gasteiger partial charge in [-0.1, -0.05) is 42.5 Å². The summed E-state index contributed by atoms with van der Waals surface area (Å²) in [6.07, 6.45) is 0.628. The van der Waals surface area contributed by atoms with E-state index in [1.54, 1.807) is 30.2 Å². The summed E-state index contributed by atoms with van der Waals surface area (Å²) in [5.41, 5.74) is 12.8. The molecule has 0 saturated heterocycles. The molecule has 0 spiro atoms. The van der Waals surface area contributed by atoms with Crippen LogP contribution in [0.5, 0.6) is 0 Å². The van der Waals surface area contributed by atoms with Gasteiger partial charge in [-0.3, -0.25) is 19.1 Å². The highest BCUT2D eigenvalue weighted by Gasteiger charge is 2.19. The fraction of sp³-hybridized carbons (Fsp3) is 0.261. The molecule has 1 heterocycles. The van der Waals surface area contributed by atoms with Gasteiger partial charge in [0.05, 0.1) is 6.54 Å². The third kappa shape index (κ3) is 5.44. The quantitative estimate of drug-likeness (QED) is 0.409. The van der Waals surface area contributed by atoms with Crippen molar-refractivity contribution in [1.29, 1.82) is 0 Å². The molecule has 1 amide bonds. The van der Waals surface area contributed by atoms with E-state index < -0.39 is 17.2 Å². The number of H-pyrrole nitrogens is 1. The van der Waals surface area contributed by atoms with E-state index in [1.807, 2.05) is 36.4 Å². The number of carbonyl (C=O) groups excluding carboxylic acids is 1. The molecule has 0 unspecified atom stereocenters. The van der Waals surface area contributed by atoms with Crippen LogP contribution < -0.4 is 27.6 Å². The van der Waals surface area contributed by atoms with Gasteiger partial charge in [-0.2, -0.15) is 0 Å². The number of anilines is 2. The zero-order valence-corrected chi connectivity index (χ0v) is 17.9. The van der Waals surface area contributed by atoms with Crippen LogP contribution in [0.2, 0.25) is 0 Å². The van der Waals surface area contributed by atoms with Crippen LogP contribution in [0.4, 0.5) is 11.5 Å². The number of nitrogens with two attached hydrogens (primary N) is 2. The lowest BCUT2D eigenvalue weighted by Gasteiger charge is -2.26. The first kappa shape index (κ1) is 22.8. The number of nitrogens with one attached hydrogen (secondary N) is 1. The Labute approximate surface area is 185 Å². The minimum atomic E-state index is -0.576. The lowest BCUT2D eigenvalue weighted by molar-refractivity contribution is 0.1000. The number of benzene rings is 2. The molecule has 9 nitrogen and oxygen atoms in total. The number of rotatable bonds is 10. The number of primary amides is 1. The summed E-state index contributed by atoms with van der Waals surface area (Å²) in [7, 11) is 1.60. The predicted octanol–water partition coefficient (Wildman–Crippen LogP) is 1.31. The smallest absolute Gasteiger partial charge is 0.330 e. The van der Waals surface area contributed by atoms with Gasteiger partial charge in [0.1, 0.15) is 11.5 Å². The number of hydrogen-bond donors (Lipinski definition) is 3. The van der Waals surface area contributed by atoms with Crippen LogP contribution >= 0.6 is 0 Å². The molecule has 3 rings (SSSR count). The molecule has 2 aromatic carbocycles. The Morgan fingerprint density at radius 3 is 2.50 bits per heavy atom. The summed E-state index contributed by atoms with van der Waals surface area (Å²) >= 11 is 0. The first-order valence-electron chi connectivity index (χ1n) is 10.2. The highest BCUT2D eigenvalue weighted by Crippen LogP contribution is 2.21. The molecule has 0 bridgehead atoms. The standard InChI is InChI=1S/C23H27N5O4/c1-32-12-6-11-27(14-17-9-5-10-18(13-17)21(25)29)19-20(24)28(23(31)26-22(19)30)15-16-7-3-2-4-8-16/h2-5,7-10,13H,6,11-12,14-15,24H2,1H3,(H2,25,29)(H,26,30,31). The molecule has 0 fully saturated rings. The molecule has 32 heavy (non-hydrogen) atoms. The Bertz CT molecular complexity index is 1190. The maximum Gasteiger partial charge on any atom is 0.330 e. The van der Waals surface area contributed by atoms with Gasteiger partial charge >= 0.3 is 5.69 Å². The summed E-state index contributed by atoms with van der Waals surface area (Å²) in [6.45, 7) is 1.45. The van der Waals surface area contributed by atoms with Crippen LogP contribution in [0, 0.1) is 0 Å². The molecule has 0 atom stereocenters. The Balaban J connectivity index is 2.02. The van der Waals surface area contributed by atoms with Crippen LogP contribution in [-0.2, 0) is 17.8 Å².